The van der Waals surface area contributed by atoms with Crippen molar-refractivity contribution in [2.75, 3.05) is 18.4 Å². The molecule has 0 atom stereocenters. The van der Waals surface area contributed by atoms with Crippen LogP contribution in [0.15, 0.2) is 48.5 Å². The standard InChI is InChI=1S/C18H19F3N2O/c1-3-23(4-2)17(24)15-10-5-6-11-16(15)22-14-9-7-8-13(12-14)18(19,20)21/h5-12,22H,3-4H2,1-2H3. The number of para-hydroxylation sites is 1. The summed E-state index contributed by atoms with van der Waals surface area (Å²) in [5.41, 5.74) is 0.456. The number of amides is 1. The third-order valence-corrected chi connectivity index (χ3v) is 3.68. The number of nitrogens with one attached hydrogen (secondary N) is 1. The third kappa shape index (κ3) is 4.07. The van der Waals surface area contributed by atoms with E-state index in [2.05, 4.69) is 5.32 Å². The molecule has 3 nitrogen and oxygen atoms in total. The minimum Gasteiger partial charge on any atom is -0.355 e. The van der Waals surface area contributed by atoms with Crippen molar-refractivity contribution in [3.8, 4) is 0 Å². The van der Waals surface area contributed by atoms with Crippen LogP contribution in [0, 0.1) is 0 Å². The molecule has 128 valence electrons. The number of hydrogen-bond acceptors (Lipinski definition) is 2. The largest absolute Gasteiger partial charge is 0.416 e. The zero-order chi connectivity index (χ0) is 17.7. The molecule has 0 spiro atoms. The molecule has 0 unspecified atom stereocenters. The SMILES string of the molecule is CCN(CC)C(=O)c1ccccc1Nc1cccc(C(F)(F)F)c1. The Labute approximate surface area is 139 Å². The van der Waals surface area contributed by atoms with Crippen molar-refractivity contribution < 1.29 is 18.0 Å². The average molecular weight is 336 g/mol. The van der Waals surface area contributed by atoms with Crippen molar-refractivity contribution in [1.82, 2.24) is 4.90 Å². The summed E-state index contributed by atoms with van der Waals surface area (Å²) in [6.45, 7) is 4.88. The third-order valence-electron chi connectivity index (χ3n) is 3.68. The van der Waals surface area contributed by atoms with Crippen molar-refractivity contribution in [3.05, 3.63) is 59.7 Å². The molecule has 6 heteroatoms. The minimum atomic E-state index is -4.41. The van der Waals surface area contributed by atoms with Gasteiger partial charge >= 0.3 is 6.18 Å². The summed E-state index contributed by atoms with van der Waals surface area (Å²) in [4.78, 5) is 14.2. The second-order valence-electron chi connectivity index (χ2n) is 5.23. The molecule has 0 radical (unpaired) electrons. The van der Waals surface area contributed by atoms with Gasteiger partial charge in [0.2, 0.25) is 0 Å². The van der Waals surface area contributed by atoms with Crippen LogP contribution in [0.2, 0.25) is 0 Å². The molecule has 0 aliphatic rings. The lowest BCUT2D eigenvalue weighted by molar-refractivity contribution is -0.137. The Morgan fingerprint density at radius 2 is 1.71 bits per heavy atom. The molecule has 2 rings (SSSR count). The van der Waals surface area contributed by atoms with Crippen LogP contribution >= 0.6 is 0 Å². The monoisotopic (exact) mass is 336 g/mol. The van der Waals surface area contributed by atoms with E-state index in [-0.39, 0.29) is 11.6 Å². The van der Waals surface area contributed by atoms with Crippen molar-refractivity contribution in [2.45, 2.75) is 20.0 Å². The van der Waals surface area contributed by atoms with Gasteiger partial charge in [-0.3, -0.25) is 4.79 Å². The van der Waals surface area contributed by atoms with Gasteiger partial charge in [-0.15, -0.1) is 0 Å². The zero-order valence-corrected chi connectivity index (χ0v) is 13.5. The number of carbonyl (C=O) groups is 1. The van der Waals surface area contributed by atoms with Crippen LogP contribution in [0.4, 0.5) is 24.5 Å². The van der Waals surface area contributed by atoms with Crippen molar-refractivity contribution in [1.29, 1.82) is 0 Å². The highest BCUT2D eigenvalue weighted by molar-refractivity contribution is 6.00. The van der Waals surface area contributed by atoms with Gasteiger partial charge in [0.15, 0.2) is 0 Å². The number of nitrogens with zero attached hydrogens (tertiary/aromatic N) is 1. The van der Waals surface area contributed by atoms with E-state index in [1.807, 2.05) is 13.8 Å². The number of benzene rings is 2. The van der Waals surface area contributed by atoms with E-state index < -0.39 is 11.7 Å². The summed E-state index contributed by atoms with van der Waals surface area (Å²) in [7, 11) is 0. The Bertz CT molecular complexity index is 709. The number of halogens is 3. The quantitative estimate of drug-likeness (QED) is 0.839. The summed E-state index contributed by atoms with van der Waals surface area (Å²) in [5.74, 6) is -0.157. The topological polar surface area (TPSA) is 32.3 Å². The Kier molecular flexibility index (Phi) is 5.49. The summed E-state index contributed by atoms with van der Waals surface area (Å²) in [6.07, 6.45) is -4.41. The van der Waals surface area contributed by atoms with Gasteiger partial charge in [0, 0.05) is 18.8 Å². The van der Waals surface area contributed by atoms with Crippen molar-refractivity contribution in [2.24, 2.45) is 0 Å². The molecule has 0 aromatic heterocycles. The highest BCUT2D eigenvalue weighted by atomic mass is 19.4. The second-order valence-corrected chi connectivity index (χ2v) is 5.23. The van der Waals surface area contributed by atoms with Gasteiger partial charge in [-0.1, -0.05) is 18.2 Å². The Morgan fingerprint density at radius 1 is 1.04 bits per heavy atom. The molecule has 0 aliphatic carbocycles. The van der Waals surface area contributed by atoms with E-state index in [0.717, 1.165) is 12.1 Å². The molecule has 1 amide bonds. The molecule has 1 N–H and O–H groups in total. The molecule has 0 fully saturated rings. The molecule has 24 heavy (non-hydrogen) atoms. The van der Waals surface area contributed by atoms with Crippen LogP contribution in [-0.4, -0.2) is 23.9 Å². The number of carbonyl (C=O) groups excluding carboxylic acids is 1. The molecule has 0 saturated carbocycles. The fourth-order valence-electron chi connectivity index (χ4n) is 2.39. The average Bonchev–Trinajstić information content (AvgIpc) is 2.56. The van der Waals surface area contributed by atoms with Gasteiger partial charge in [-0.05, 0) is 44.2 Å². The lowest BCUT2D eigenvalue weighted by atomic mass is 10.1. The summed E-state index contributed by atoms with van der Waals surface area (Å²) >= 11 is 0. The Balaban J connectivity index is 2.33. The molecular formula is C18H19F3N2O. The zero-order valence-electron chi connectivity index (χ0n) is 13.5. The first-order valence-electron chi connectivity index (χ1n) is 7.69. The second kappa shape index (κ2) is 7.38. The number of rotatable bonds is 5. The predicted molar refractivity (Wildman–Crippen MR) is 88.4 cm³/mol. The van der Waals surface area contributed by atoms with Gasteiger partial charge in [0.1, 0.15) is 0 Å². The summed E-state index contributed by atoms with van der Waals surface area (Å²) in [6, 6.07) is 11.7. The first-order chi connectivity index (χ1) is 11.4. The number of hydrogen-bond donors (Lipinski definition) is 1. The van der Waals surface area contributed by atoms with Crippen LogP contribution in [0.3, 0.4) is 0 Å². The first kappa shape index (κ1) is 17.8. The van der Waals surface area contributed by atoms with E-state index >= 15 is 0 Å². The van der Waals surface area contributed by atoms with Crippen LogP contribution < -0.4 is 5.32 Å². The molecule has 2 aromatic carbocycles. The molecule has 2 aromatic rings. The van der Waals surface area contributed by atoms with E-state index in [1.54, 1.807) is 29.2 Å². The first-order valence-corrected chi connectivity index (χ1v) is 7.69. The highest BCUT2D eigenvalue weighted by Crippen LogP contribution is 2.32. The van der Waals surface area contributed by atoms with Gasteiger partial charge in [0.25, 0.3) is 5.91 Å². The Morgan fingerprint density at radius 3 is 2.33 bits per heavy atom. The number of alkyl halides is 3. The lowest BCUT2D eigenvalue weighted by Gasteiger charge is -2.21. The van der Waals surface area contributed by atoms with E-state index in [1.165, 1.54) is 12.1 Å². The maximum atomic E-state index is 12.8. The van der Waals surface area contributed by atoms with E-state index in [4.69, 9.17) is 0 Å². The van der Waals surface area contributed by atoms with Crippen LogP contribution in [-0.2, 0) is 6.18 Å². The van der Waals surface area contributed by atoms with Gasteiger partial charge in [-0.25, -0.2) is 0 Å². The van der Waals surface area contributed by atoms with Crippen molar-refractivity contribution in [3.63, 3.8) is 0 Å². The summed E-state index contributed by atoms with van der Waals surface area (Å²) < 4.78 is 38.5. The normalized spacial score (nSPS) is 11.2. The fraction of sp³-hybridized carbons (Fsp3) is 0.278. The fourth-order valence-corrected chi connectivity index (χ4v) is 2.39. The Hall–Kier alpha value is -2.50. The van der Waals surface area contributed by atoms with Gasteiger partial charge < -0.3 is 10.2 Å². The van der Waals surface area contributed by atoms with Crippen LogP contribution in [0.25, 0.3) is 0 Å². The molecule has 0 saturated heterocycles. The lowest BCUT2D eigenvalue weighted by Crippen LogP contribution is -2.30. The molecular weight excluding hydrogens is 317 g/mol. The molecule has 0 bridgehead atoms. The van der Waals surface area contributed by atoms with Gasteiger partial charge in [-0.2, -0.15) is 13.2 Å². The van der Waals surface area contributed by atoms with Crippen molar-refractivity contribution >= 4 is 17.3 Å². The van der Waals surface area contributed by atoms with Gasteiger partial charge in [0.05, 0.1) is 16.8 Å². The van der Waals surface area contributed by atoms with E-state index in [9.17, 15) is 18.0 Å². The summed E-state index contributed by atoms with van der Waals surface area (Å²) in [5, 5.41) is 2.92. The molecule has 0 aliphatic heterocycles. The maximum Gasteiger partial charge on any atom is 0.416 e. The highest BCUT2D eigenvalue weighted by Gasteiger charge is 2.30. The predicted octanol–water partition coefficient (Wildman–Crippen LogP) is 4.93. The van der Waals surface area contributed by atoms with Crippen LogP contribution in [0.5, 0.6) is 0 Å². The van der Waals surface area contributed by atoms with E-state index in [0.29, 0.717) is 24.3 Å². The minimum absolute atomic E-state index is 0.157. The smallest absolute Gasteiger partial charge is 0.355 e. The number of anilines is 2. The maximum absolute atomic E-state index is 12.8. The molecule has 0 heterocycles. The van der Waals surface area contributed by atoms with Crippen LogP contribution in [0.1, 0.15) is 29.8 Å².